The van der Waals surface area contributed by atoms with Crippen LogP contribution in [0.1, 0.15) is 19.8 Å². The Morgan fingerprint density at radius 1 is 1.47 bits per heavy atom. The molecule has 3 atom stereocenters. The van der Waals surface area contributed by atoms with Gasteiger partial charge in [-0.1, -0.05) is 0 Å². The third kappa shape index (κ3) is 2.71. The summed E-state index contributed by atoms with van der Waals surface area (Å²) < 4.78 is 5.47. The van der Waals surface area contributed by atoms with Crippen LogP contribution in [-0.4, -0.2) is 50.8 Å². The minimum atomic E-state index is 0.717. The van der Waals surface area contributed by atoms with Crippen LogP contribution in [-0.2, 0) is 4.74 Å². The Hall–Kier alpha value is -0.120. The molecule has 0 radical (unpaired) electrons. The monoisotopic (exact) mass is 212 g/mol. The van der Waals surface area contributed by atoms with Gasteiger partial charge in [-0.25, -0.2) is 0 Å². The number of hydrogen-bond donors (Lipinski definition) is 1. The zero-order chi connectivity index (χ0) is 10.7. The van der Waals surface area contributed by atoms with E-state index in [-0.39, 0.29) is 0 Å². The van der Waals surface area contributed by atoms with Crippen LogP contribution >= 0.6 is 0 Å². The van der Waals surface area contributed by atoms with Crippen molar-refractivity contribution < 1.29 is 4.74 Å². The lowest BCUT2D eigenvalue weighted by Crippen LogP contribution is -2.37. The largest absolute Gasteiger partial charge is 0.381 e. The second kappa shape index (κ2) is 5.28. The Kier molecular flexibility index (Phi) is 4.00. The third-order valence-corrected chi connectivity index (χ3v) is 4.03. The number of hydrogen-bond acceptors (Lipinski definition) is 3. The zero-order valence-corrected chi connectivity index (χ0v) is 10.0. The molecule has 3 unspecified atom stereocenters. The third-order valence-electron chi connectivity index (χ3n) is 4.03. The first-order valence-corrected chi connectivity index (χ1v) is 6.27. The van der Waals surface area contributed by atoms with Gasteiger partial charge in [-0.05, 0) is 51.7 Å². The van der Waals surface area contributed by atoms with E-state index in [0.29, 0.717) is 6.04 Å². The van der Waals surface area contributed by atoms with Gasteiger partial charge in [-0.3, -0.25) is 4.90 Å². The Morgan fingerprint density at radius 3 is 3.00 bits per heavy atom. The summed E-state index contributed by atoms with van der Waals surface area (Å²) in [7, 11) is 2.05. The van der Waals surface area contributed by atoms with Gasteiger partial charge in [0.1, 0.15) is 0 Å². The van der Waals surface area contributed by atoms with Crippen molar-refractivity contribution in [1.29, 1.82) is 0 Å². The van der Waals surface area contributed by atoms with Gasteiger partial charge in [0.15, 0.2) is 0 Å². The van der Waals surface area contributed by atoms with E-state index in [1.165, 1.54) is 32.5 Å². The molecule has 0 aliphatic carbocycles. The molecular formula is C12H24N2O. The van der Waals surface area contributed by atoms with Gasteiger partial charge < -0.3 is 10.1 Å². The van der Waals surface area contributed by atoms with Crippen LogP contribution in [0.3, 0.4) is 0 Å². The molecule has 0 amide bonds. The molecule has 15 heavy (non-hydrogen) atoms. The van der Waals surface area contributed by atoms with Crippen LogP contribution in [0.2, 0.25) is 0 Å². The van der Waals surface area contributed by atoms with Gasteiger partial charge in [0, 0.05) is 19.2 Å². The first kappa shape index (κ1) is 11.4. The highest BCUT2D eigenvalue weighted by molar-refractivity contribution is 4.85. The molecule has 2 saturated heterocycles. The molecule has 3 nitrogen and oxygen atoms in total. The molecule has 1 N–H and O–H groups in total. The SMILES string of the molecule is CNCC1CCN(C(C)C2CCOC2)C1. The fourth-order valence-electron chi connectivity index (χ4n) is 2.92. The van der Waals surface area contributed by atoms with Crippen molar-refractivity contribution in [3.05, 3.63) is 0 Å². The van der Waals surface area contributed by atoms with E-state index in [2.05, 4.69) is 24.2 Å². The minimum absolute atomic E-state index is 0.717. The van der Waals surface area contributed by atoms with Crippen LogP contribution < -0.4 is 5.32 Å². The van der Waals surface area contributed by atoms with E-state index >= 15 is 0 Å². The summed E-state index contributed by atoms with van der Waals surface area (Å²) in [5.41, 5.74) is 0. The Bertz CT molecular complexity index is 192. The van der Waals surface area contributed by atoms with E-state index < -0.39 is 0 Å². The predicted octanol–water partition coefficient (Wildman–Crippen LogP) is 0.953. The Labute approximate surface area is 93.2 Å². The van der Waals surface area contributed by atoms with Gasteiger partial charge in [-0.15, -0.1) is 0 Å². The number of rotatable bonds is 4. The molecule has 0 spiro atoms. The second-order valence-electron chi connectivity index (χ2n) is 5.07. The van der Waals surface area contributed by atoms with Gasteiger partial charge in [0.2, 0.25) is 0 Å². The molecule has 2 aliphatic heterocycles. The van der Waals surface area contributed by atoms with Gasteiger partial charge >= 0.3 is 0 Å². The van der Waals surface area contributed by atoms with Crippen molar-refractivity contribution >= 4 is 0 Å². The number of likely N-dealkylation sites (tertiary alicyclic amines) is 1. The van der Waals surface area contributed by atoms with Crippen molar-refractivity contribution in [2.45, 2.75) is 25.8 Å². The maximum Gasteiger partial charge on any atom is 0.0509 e. The molecule has 0 bridgehead atoms. The summed E-state index contributed by atoms with van der Waals surface area (Å²) >= 11 is 0. The van der Waals surface area contributed by atoms with Crippen molar-refractivity contribution in [1.82, 2.24) is 10.2 Å². The van der Waals surface area contributed by atoms with Crippen molar-refractivity contribution in [2.75, 3.05) is 39.9 Å². The van der Waals surface area contributed by atoms with Crippen LogP contribution in [0.25, 0.3) is 0 Å². The summed E-state index contributed by atoms with van der Waals surface area (Å²) in [6, 6.07) is 0.717. The van der Waals surface area contributed by atoms with Gasteiger partial charge in [-0.2, -0.15) is 0 Å². The molecule has 3 heteroatoms. The lowest BCUT2D eigenvalue weighted by Gasteiger charge is -2.28. The molecule has 2 aliphatic rings. The smallest absolute Gasteiger partial charge is 0.0509 e. The van der Waals surface area contributed by atoms with Gasteiger partial charge in [0.05, 0.1) is 6.61 Å². The molecule has 0 aromatic heterocycles. The molecule has 2 rings (SSSR count). The van der Waals surface area contributed by atoms with Crippen LogP contribution in [0, 0.1) is 11.8 Å². The average molecular weight is 212 g/mol. The first-order chi connectivity index (χ1) is 7.31. The standard InChI is InChI=1S/C12H24N2O/c1-10(12-4-6-15-9-12)14-5-3-11(8-14)7-13-2/h10-13H,3-9H2,1-2H3. The second-order valence-corrected chi connectivity index (χ2v) is 5.07. The Morgan fingerprint density at radius 2 is 2.33 bits per heavy atom. The Balaban J connectivity index is 1.79. The topological polar surface area (TPSA) is 24.5 Å². The normalized spacial score (nSPS) is 34.8. The van der Waals surface area contributed by atoms with Crippen molar-refractivity contribution in [2.24, 2.45) is 11.8 Å². The first-order valence-electron chi connectivity index (χ1n) is 6.27. The highest BCUT2D eigenvalue weighted by Crippen LogP contribution is 2.25. The van der Waals surface area contributed by atoms with Crippen LogP contribution in [0.15, 0.2) is 0 Å². The van der Waals surface area contributed by atoms with E-state index in [4.69, 9.17) is 4.74 Å². The summed E-state index contributed by atoms with van der Waals surface area (Å²) in [5.74, 6) is 1.64. The predicted molar refractivity (Wildman–Crippen MR) is 62.0 cm³/mol. The molecular weight excluding hydrogens is 188 g/mol. The van der Waals surface area contributed by atoms with E-state index in [1.807, 2.05) is 0 Å². The number of ether oxygens (including phenoxy) is 1. The average Bonchev–Trinajstić information content (AvgIpc) is 2.87. The van der Waals surface area contributed by atoms with Crippen LogP contribution in [0.4, 0.5) is 0 Å². The summed E-state index contributed by atoms with van der Waals surface area (Å²) in [4.78, 5) is 2.65. The molecule has 2 heterocycles. The van der Waals surface area contributed by atoms with Gasteiger partial charge in [0.25, 0.3) is 0 Å². The number of nitrogens with zero attached hydrogens (tertiary/aromatic N) is 1. The fourth-order valence-corrected chi connectivity index (χ4v) is 2.92. The summed E-state index contributed by atoms with van der Waals surface area (Å²) in [6.07, 6.45) is 2.62. The van der Waals surface area contributed by atoms with E-state index in [1.54, 1.807) is 0 Å². The molecule has 0 saturated carbocycles. The molecule has 0 aromatic rings. The van der Waals surface area contributed by atoms with E-state index in [0.717, 1.165) is 25.0 Å². The molecule has 2 fully saturated rings. The maximum atomic E-state index is 5.47. The van der Waals surface area contributed by atoms with Crippen molar-refractivity contribution in [3.63, 3.8) is 0 Å². The lowest BCUT2D eigenvalue weighted by atomic mass is 9.99. The maximum absolute atomic E-state index is 5.47. The number of nitrogens with one attached hydrogen (secondary N) is 1. The minimum Gasteiger partial charge on any atom is -0.381 e. The molecule has 0 aromatic carbocycles. The molecule has 88 valence electrons. The van der Waals surface area contributed by atoms with Crippen LogP contribution in [0.5, 0.6) is 0 Å². The zero-order valence-electron chi connectivity index (χ0n) is 10.0. The summed E-state index contributed by atoms with van der Waals surface area (Å²) in [6.45, 7) is 8.06. The van der Waals surface area contributed by atoms with Crippen molar-refractivity contribution in [3.8, 4) is 0 Å². The highest BCUT2D eigenvalue weighted by atomic mass is 16.5. The summed E-state index contributed by atoms with van der Waals surface area (Å²) in [5, 5.41) is 3.29. The highest BCUT2D eigenvalue weighted by Gasteiger charge is 2.31. The quantitative estimate of drug-likeness (QED) is 0.751. The lowest BCUT2D eigenvalue weighted by molar-refractivity contribution is 0.142. The van der Waals surface area contributed by atoms with E-state index in [9.17, 15) is 0 Å². The fraction of sp³-hybridized carbons (Fsp3) is 1.00.